The number of nitriles is 2. The molecule has 0 spiro atoms. The number of aromatic nitrogens is 1. The van der Waals surface area contributed by atoms with Crippen molar-refractivity contribution in [2.24, 2.45) is 0 Å². The molecule has 0 unspecified atom stereocenters. The van der Waals surface area contributed by atoms with Crippen LogP contribution in [0.5, 0.6) is 0 Å². The molecule has 0 saturated carbocycles. The molecule has 0 saturated heterocycles. The Morgan fingerprint density at radius 3 is 1.54 bits per heavy atom. The normalized spacial score (nSPS) is 12.3. The van der Waals surface area contributed by atoms with Crippen molar-refractivity contribution in [1.29, 1.82) is 10.5 Å². The molecule has 0 aliphatic carbocycles. The molecule has 54 heavy (non-hydrogen) atoms. The first-order valence-corrected chi connectivity index (χ1v) is 17.6. The van der Waals surface area contributed by atoms with Gasteiger partial charge in [0.2, 0.25) is 0 Å². The summed E-state index contributed by atoms with van der Waals surface area (Å²) in [6.07, 6.45) is 0. The first-order valence-electron chi connectivity index (χ1n) is 17.6. The first kappa shape index (κ1) is 32.4. The van der Waals surface area contributed by atoms with Crippen LogP contribution in [0.15, 0.2) is 146 Å². The topological polar surface area (TPSA) is 89.9 Å². The highest BCUT2D eigenvalue weighted by Gasteiger charge is 2.39. The summed E-state index contributed by atoms with van der Waals surface area (Å²) in [5.74, 6) is -0.751. The van der Waals surface area contributed by atoms with E-state index in [1.807, 2.05) is 141 Å². The van der Waals surface area contributed by atoms with Crippen molar-refractivity contribution in [3.05, 3.63) is 179 Å². The molecule has 2 amide bonds. The number of anilines is 1. The summed E-state index contributed by atoms with van der Waals surface area (Å²) in [4.78, 5) is 30.0. The molecule has 7 aromatic carbocycles. The largest absolute Gasteiger partial charge is 0.308 e. The van der Waals surface area contributed by atoms with E-state index in [0.717, 1.165) is 66.3 Å². The van der Waals surface area contributed by atoms with Crippen LogP contribution in [0.4, 0.5) is 5.69 Å². The molecule has 0 N–H and O–H groups in total. The quantitative estimate of drug-likeness (QED) is 0.168. The zero-order chi connectivity index (χ0) is 37.1. The summed E-state index contributed by atoms with van der Waals surface area (Å²) in [6.45, 7) is 4.02. The molecule has 0 fully saturated rings. The number of carbonyl (C=O) groups excluding carboxylic acids is 2. The van der Waals surface area contributed by atoms with E-state index in [0.29, 0.717) is 33.6 Å². The predicted octanol–water partition coefficient (Wildman–Crippen LogP) is 10.9. The fourth-order valence-corrected chi connectivity index (χ4v) is 8.01. The third-order valence-corrected chi connectivity index (χ3v) is 10.5. The highest BCUT2D eigenvalue weighted by atomic mass is 16.2. The number of hydrogen-bond donors (Lipinski definition) is 0. The van der Waals surface area contributed by atoms with E-state index >= 15 is 0 Å². The SMILES string of the molecule is Cc1cc(C#N)ccc1-c1cccc2c1c1c(-c3ccc(C#N)cc3C)cccc1n2-c1cccc2c1C(=O)N(c1ccc(-c3ccccc3)cc1)C2=O. The van der Waals surface area contributed by atoms with Gasteiger partial charge in [-0.25, -0.2) is 4.90 Å². The van der Waals surface area contributed by atoms with Gasteiger partial charge in [0, 0.05) is 10.8 Å². The van der Waals surface area contributed by atoms with E-state index in [1.165, 1.54) is 4.90 Å². The molecule has 1 aliphatic rings. The lowest BCUT2D eigenvalue weighted by Crippen LogP contribution is -2.29. The number of fused-ring (bicyclic) bond motifs is 4. The minimum Gasteiger partial charge on any atom is -0.308 e. The van der Waals surface area contributed by atoms with Gasteiger partial charge in [-0.3, -0.25) is 9.59 Å². The Balaban J connectivity index is 1.29. The van der Waals surface area contributed by atoms with E-state index in [9.17, 15) is 20.1 Å². The van der Waals surface area contributed by atoms with Crippen molar-refractivity contribution < 1.29 is 9.59 Å². The third-order valence-electron chi connectivity index (χ3n) is 10.5. The number of imide groups is 1. The second-order valence-electron chi connectivity index (χ2n) is 13.6. The van der Waals surface area contributed by atoms with Gasteiger partial charge in [-0.1, -0.05) is 84.9 Å². The van der Waals surface area contributed by atoms with E-state index in [4.69, 9.17) is 0 Å². The number of hydrogen-bond acceptors (Lipinski definition) is 4. The van der Waals surface area contributed by atoms with Crippen molar-refractivity contribution in [2.45, 2.75) is 13.8 Å². The van der Waals surface area contributed by atoms with Crippen molar-refractivity contribution in [3.8, 4) is 51.2 Å². The number of aryl methyl sites for hydroxylation is 2. The molecule has 254 valence electrons. The highest BCUT2D eigenvalue weighted by Crippen LogP contribution is 2.45. The van der Waals surface area contributed by atoms with E-state index in [1.54, 1.807) is 6.07 Å². The number of benzene rings is 7. The molecular formula is C48H30N4O2. The van der Waals surface area contributed by atoms with Gasteiger partial charge in [-0.05, 0) is 119 Å². The van der Waals surface area contributed by atoms with Crippen LogP contribution in [0, 0.1) is 36.5 Å². The maximum Gasteiger partial charge on any atom is 0.268 e. The van der Waals surface area contributed by atoms with Crippen molar-refractivity contribution in [1.82, 2.24) is 4.57 Å². The monoisotopic (exact) mass is 694 g/mol. The van der Waals surface area contributed by atoms with Crippen LogP contribution in [0.25, 0.3) is 60.9 Å². The second kappa shape index (κ2) is 12.6. The van der Waals surface area contributed by atoms with Crippen molar-refractivity contribution in [3.63, 3.8) is 0 Å². The zero-order valence-electron chi connectivity index (χ0n) is 29.5. The zero-order valence-corrected chi connectivity index (χ0v) is 29.5. The summed E-state index contributed by atoms with van der Waals surface area (Å²) in [5, 5.41) is 21.2. The van der Waals surface area contributed by atoms with Gasteiger partial charge in [-0.2, -0.15) is 10.5 Å². The molecule has 0 radical (unpaired) electrons. The van der Waals surface area contributed by atoms with Gasteiger partial charge >= 0.3 is 0 Å². The molecule has 8 aromatic rings. The molecule has 6 nitrogen and oxygen atoms in total. The van der Waals surface area contributed by atoms with Crippen LogP contribution >= 0.6 is 0 Å². The van der Waals surface area contributed by atoms with Crippen molar-refractivity contribution >= 4 is 39.3 Å². The summed E-state index contributed by atoms with van der Waals surface area (Å²) in [7, 11) is 0. The second-order valence-corrected chi connectivity index (χ2v) is 13.6. The lowest BCUT2D eigenvalue weighted by molar-refractivity contribution is 0.0926. The Kier molecular flexibility index (Phi) is 7.55. The van der Waals surface area contributed by atoms with Gasteiger partial charge < -0.3 is 4.57 Å². The van der Waals surface area contributed by atoms with Crippen LogP contribution in [0.2, 0.25) is 0 Å². The van der Waals surface area contributed by atoms with Gasteiger partial charge in [0.25, 0.3) is 11.8 Å². The molecular weight excluding hydrogens is 665 g/mol. The number of rotatable bonds is 5. The maximum atomic E-state index is 14.6. The molecule has 1 aliphatic heterocycles. The van der Waals surface area contributed by atoms with Gasteiger partial charge in [0.05, 0.1) is 56.8 Å². The van der Waals surface area contributed by atoms with Gasteiger partial charge in [0.1, 0.15) is 0 Å². The van der Waals surface area contributed by atoms with E-state index < -0.39 is 0 Å². The number of amides is 2. The average molecular weight is 695 g/mol. The number of nitrogens with zero attached hydrogens (tertiary/aromatic N) is 4. The Hall–Kier alpha value is -7.54. The summed E-state index contributed by atoms with van der Waals surface area (Å²) in [6, 6.07) is 51.2. The molecule has 1 aromatic heterocycles. The Labute approximate surface area is 312 Å². The third kappa shape index (κ3) is 4.93. The minimum absolute atomic E-state index is 0.341. The van der Waals surface area contributed by atoms with Crippen LogP contribution in [-0.2, 0) is 0 Å². The van der Waals surface area contributed by atoms with Crippen LogP contribution in [0.3, 0.4) is 0 Å². The molecule has 9 rings (SSSR count). The predicted molar refractivity (Wildman–Crippen MR) is 214 cm³/mol. The van der Waals surface area contributed by atoms with Gasteiger partial charge in [0.15, 0.2) is 0 Å². The van der Waals surface area contributed by atoms with Crippen LogP contribution in [-0.4, -0.2) is 16.4 Å². The van der Waals surface area contributed by atoms with Crippen LogP contribution in [0.1, 0.15) is 43.0 Å². The lowest BCUT2D eigenvalue weighted by atomic mass is 9.91. The Morgan fingerprint density at radius 2 is 1.00 bits per heavy atom. The fraction of sp³-hybridized carbons (Fsp3) is 0.0417. The molecule has 0 bridgehead atoms. The summed E-state index contributed by atoms with van der Waals surface area (Å²) in [5.41, 5.74) is 12.6. The first-order chi connectivity index (χ1) is 26.4. The smallest absolute Gasteiger partial charge is 0.268 e. The van der Waals surface area contributed by atoms with Crippen molar-refractivity contribution in [2.75, 3.05) is 4.90 Å². The molecule has 0 atom stereocenters. The lowest BCUT2D eigenvalue weighted by Gasteiger charge is -2.15. The molecule has 2 heterocycles. The molecule has 6 heteroatoms. The summed E-state index contributed by atoms with van der Waals surface area (Å²) >= 11 is 0. The fourth-order valence-electron chi connectivity index (χ4n) is 8.01. The maximum absolute atomic E-state index is 14.6. The average Bonchev–Trinajstić information content (AvgIpc) is 3.69. The van der Waals surface area contributed by atoms with E-state index in [-0.39, 0.29) is 11.8 Å². The number of carbonyl (C=O) groups is 2. The van der Waals surface area contributed by atoms with E-state index in [2.05, 4.69) is 28.8 Å². The van der Waals surface area contributed by atoms with Crippen LogP contribution < -0.4 is 4.90 Å². The Bertz CT molecular complexity index is 2840. The standard InChI is InChI=1S/C48H30N4O2/c1-29-25-31(27-49)17-23-36(29)38-11-6-14-41-44(38)45-39(37-24-18-32(28-50)26-30(37)2)12-7-15-42(45)52(41)43-16-8-13-40-46(43)48(54)51(47(40)53)35-21-19-34(20-22-35)33-9-4-3-5-10-33/h3-26H,1-2H3. The highest BCUT2D eigenvalue weighted by molar-refractivity contribution is 6.36. The minimum atomic E-state index is -0.383. The summed E-state index contributed by atoms with van der Waals surface area (Å²) < 4.78 is 2.10. The van der Waals surface area contributed by atoms with Gasteiger partial charge in [-0.15, -0.1) is 0 Å². The Morgan fingerprint density at radius 1 is 0.481 bits per heavy atom.